The number of carbonyl (C=O) groups is 1. The van der Waals surface area contributed by atoms with Gasteiger partial charge >= 0.3 is 5.63 Å². The molecule has 158 valence electrons. The zero-order chi connectivity index (χ0) is 22.2. The maximum Gasteiger partial charge on any atom is 0.343 e. The standard InChI is InChI=1S/C24H26BN3O3/c1-3-28(4-2)21-8-7-19-15-20(24(30)31-22(19)16-21)6-5-18-9-12-27(13-10-18)14-11-26-23(29)17-25/h5-10,12-13,15-16H,3-4,11,14,17H2,1-2H3/p+1. The molecule has 7 heteroatoms. The molecular weight excluding hydrogens is 389 g/mol. The molecule has 1 N–H and O–H groups in total. The molecule has 0 aliphatic rings. The minimum Gasteiger partial charge on any atom is -0.422 e. The number of aromatic nitrogens is 1. The predicted molar refractivity (Wildman–Crippen MR) is 125 cm³/mol. The van der Waals surface area contributed by atoms with Gasteiger partial charge < -0.3 is 14.6 Å². The second-order valence-electron chi connectivity index (χ2n) is 7.14. The molecule has 1 amide bonds. The summed E-state index contributed by atoms with van der Waals surface area (Å²) in [6, 6.07) is 11.7. The molecule has 0 spiro atoms. The van der Waals surface area contributed by atoms with Crippen molar-refractivity contribution < 1.29 is 13.8 Å². The number of hydrogen-bond acceptors (Lipinski definition) is 4. The fraction of sp³-hybridized carbons (Fsp3) is 0.292. The van der Waals surface area contributed by atoms with Crippen molar-refractivity contribution in [3.8, 4) is 0 Å². The second-order valence-corrected chi connectivity index (χ2v) is 7.14. The highest BCUT2D eigenvalue weighted by molar-refractivity contribution is 6.19. The normalized spacial score (nSPS) is 11.2. The zero-order valence-corrected chi connectivity index (χ0v) is 18.0. The lowest BCUT2D eigenvalue weighted by Crippen LogP contribution is -2.39. The molecule has 6 nitrogen and oxygen atoms in total. The van der Waals surface area contributed by atoms with Crippen LogP contribution in [0, 0.1) is 0 Å². The Morgan fingerprint density at radius 3 is 2.55 bits per heavy atom. The van der Waals surface area contributed by atoms with Gasteiger partial charge in [-0.25, -0.2) is 9.36 Å². The Morgan fingerprint density at radius 1 is 1.13 bits per heavy atom. The molecule has 31 heavy (non-hydrogen) atoms. The van der Waals surface area contributed by atoms with E-state index in [1.54, 1.807) is 6.08 Å². The summed E-state index contributed by atoms with van der Waals surface area (Å²) in [6.45, 7) is 7.16. The molecule has 0 unspecified atom stereocenters. The van der Waals surface area contributed by atoms with Crippen LogP contribution >= 0.6 is 0 Å². The van der Waals surface area contributed by atoms with Crippen LogP contribution in [-0.4, -0.2) is 33.4 Å². The van der Waals surface area contributed by atoms with Gasteiger partial charge in [0.25, 0.3) is 0 Å². The van der Waals surface area contributed by atoms with Crippen LogP contribution in [0.15, 0.2) is 58.0 Å². The summed E-state index contributed by atoms with van der Waals surface area (Å²) in [5, 5.41) is 3.62. The first kappa shape index (κ1) is 22.3. The molecule has 2 heterocycles. The molecule has 0 saturated carbocycles. The van der Waals surface area contributed by atoms with Crippen LogP contribution in [0.3, 0.4) is 0 Å². The Balaban J connectivity index is 1.72. The topological polar surface area (TPSA) is 66.4 Å². The molecule has 0 aliphatic carbocycles. The highest BCUT2D eigenvalue weighted by Gasteiger charge is 2.07. The number of fused-ring (bicyclic) bond motifs is 1. The van der Waals surface area contributed by atoms with Crippen molar-refractivity contribution in [2.45, 2.75) is 26.7 Å². The van der Waals surface area contributed by atoms with Crippen LogP contribution in [0.5, 0.6) is 0 Å². The van der Waals surface area contributed by atoms with Gasteiger partial charge in [0.2, 0.25) is 5.91 Å². The van der Waals surface area contributed by atoms with E-state index in [-0.39, 0.29) is 17.9 Å². The van der Waals surface area contributed by atoms with Crippen LogP contribution in [-0.2, 0) is 11.3 Å². The van der Waals surface area contributed by atoms with Crippen molar-refractivity contribution in [1.29, 1.82) is 0 Å². The molecular formula is C24H27BN3O3+. The SMILES string of the molecule is [B]CC(=O)NCC[n+]1ccc(/C=C/c2cc3ccc(N(CC)CC)cc3oc2=O)cc1. The van der Waals surface area contributed by atoms with Crippen LogP contribution in [0.2, 0.25) is 6.32 Å². The molecule has 3 aromatic rings. The molecule has 2 radical (unpaired) electrons. The maximum atomic E-state index is 12.4. The van der Waals surface area contributed by atoms with E-state index in [1.807, 2.05) is 53.4 Å². The third kappa shape index (κ3) is 5.84. The zero-order valence-electron chi connectivity index (χ0n) is 18.0. The number of anilines is 1. The monoisotopic (exact) mass is 416 g/mol. The first-order valence-electron chi connectivity index (χ1n) is 10.5. The third-order valence-corrected chi connectivity index (χ3v) is 5.12. The van der Waals surface area contributed by atoms with Crippen molar-refractivity contribution in [2.75, 3.05) is 24.5 Å². The summed E-state index contributed by atoms with van der Waals surface area (Å²) in [7, 11) is 5.27. The quantitative estimate of drug-likeness (QED) is 0.331. The molecule has 0 saturated heterocycles. The lowest BCUT2D eigenvalue weighted by Gasteiger charge is -2.20. The molecule has 3 rings (SSSR count). The maximum absolute atomic E-state index is 12.4. The van der Waals surface area contributed by atoms with Gasteiger partial charge in [-0.2, -0.15) is 0 Å². The Morgan fingerprint density at radius 2 is 1.87 bits per heavy atom. The molecule has 0 fully saturated rings. The molecule has 0 bridgehead atoms. The summed E-state index contributed by atoms with van der Waals surface area (Å²) in [4.78, 5) is 25.8. The van der Waals surface area contributed by atoms with Crippen molar-refractivity contribution >= 4 is 42.6 Å². The summed E-state index contributed by atoms with van der Waals surface area (Å²) in [5.74, 6) is -0.168. The summed E-state index contributed by atoms with van der Waals surface area (Å²) in [6.07, 6.45) is 7.49. The van der Waals surface area contributed by atoms with E-state index >= 15 is 0 Å². The van der Waals surface area contributed by atoms with Crippen LogP contribution in [0.1, 0.15) is 25.0 Å². The Hall–Kier alpha value is -3.35. The van der Waals surface area contributed by atoms with Crippen LogP contribution in [0.4, 0.5) is 5.69 Å². The van der Waals surface area contributed by atoms with Gasteiger partial charge in [-0.1, -0.05) is 6.08 Å². The van der Waals surface area contributed by atoms with Gasteiger partial charge in [0.05, 0.1) is 20.0 Å². The molecule has 1 aromatic carbocycles. The number of rotatable bonds is 9. The molecule has 0 atom stereocenters. The van der Waals surface area contributed by atoms with E-state index in [9.17, 15) is 9.59 Å². The average Bonchev–Trinajstić information content (AvgIpc) is 2.79. The van der Waals surface area contributed by atoms with E-state index in [2.05, 4.69) is 30.1 Å². The molecule has 0 aliphatic heterocycles. The highest BCUT2D eigenvalue weighted by Crippen LogP contribution is 2.22. The number of nitrogens with one attached hydrogen (secondary N) is 1. The lowest BCUT2D eigenvalue weighted by atomic mass is 10.1. The second kappa shape index (κ2) is 10.6. The van der Waals surface area contributed by atoms with Gasteiger partial charge in [-0.3, -0.25) is 4.79 Å². The highest BCUT2D eigenvalue weighted by atomic mass is 16.4. The first-order chi connectivity index (χ1) is 15.0. The number of benzene rings is 1. The van der Waals surface area contributed by atoms with E-state index in [4.69, 9.17) is 12.3 Å². The first-order valence-corrected chi connectivity index (χ1v) is 10.5. The fourth-order valence-corrected chi connectivity index (χ4v) is 3.33. The lowest BCUT2D eigenvalue weighted by molar-refractivity contribution is -0.694. The number of pyridine rings is 1. The van der Waals surface area contributed by atoms with Crippen molar-refractivity contribution in [3.63, 3.8) is 0 Å². The van der Waals surface area contributed by atoms with Gasteiger partial charge in [0.1, 0.15) is 5.58 Å². The summed E-state index contributed by atoms with van der Waals surface area (Å²) < 4.78 is 7.54. The van der Waals surface area contributed by atoms with Gasteiger partial charge in [0, 0.05) is 42.4 Å². The number of amides is 1. The summed E-state index contributed by atoms with van der Waals surface area (Å²) in [5.41, 5.74) is 2.74. The largest absolute Gasteiger partial charge is 0.422 e. The van der Waals surface area contributed by atoms with Crippen molar-refractivity contribution in [3.05, 3.63) is 70.3 Å². The van der Waals surface area contributed by atoms with Crippen LogP contribution in [0.25, 0.3) is 23.1 Å². The van der Waals surface area contributed by atoms with E-state index in [1.165, 1.54) is 0 Å². The fourth-order valence-electron chi connectivity index (χ4n) is 3.33. The average molecular weight is 416 g/mol. The smallest absolute Gasteiger partial charge is 0.343 e. The number of hydrogen-bond donors (Lipinski definition) is 1. The minimum absolute atomic E-state index is 0.00571. The Labute approximate surface area is 183 Å². The van der Waals surface area contributed by atoms with Crippen molar-refractivity contribution in [2.24, 2.45) is 0 Å². The van der Waals surface area contributed by atoms with E-state index in [0.29, 0.717) is 24.2 Å². The predicted octanol–water partition coefficient (Wildman–Crippen LogP) is 2.80. The van der Waals surface area contributed by atoms with Gasteiger partial charge in [0.15, 0.2) is 18.9 Å². The Kier molecular flexibility index (Phi) is 7.65. The molecule has 2 aromatic heterocycles. The van der Waals surface area contributed by atoms with Gasteiger partial charge in [-0.15, -0.1) is 0 Å². The van der Waals surface area contributed by atoms with E-state index < -0.39 is 0 Å². The van der Waals surface area contributed by atoms with Crippen molar-refractivity contribution in [1.82, 2.24) is 5.32 Å². The summed E-state index contributed by atoms with van der Waals surface area (Å²) >= 11 is 0. The number of carbonyl (C=O) groups excluding carboxylic acids is 1. The van der Waals surface area contributed by atoms with Crippen LogP contribution < -0.4 is 20.4 Å². The number of nitrogens with zero attached hydrogens (tertiary/aromatic N) is 2. The third-order valence-electron chi connectivity index (χ3n) is 5.12. The van der Waals surface area contributed by atoms with E-state index in [0.717, 1.165) is 29.7 Å². The van der Waals surface area contributed by atoms with Gasteiger partial charge in [-0.05, 0) is 50.0 Å². The Bertz CT molecular complexity index is 1120. The minimum atomic E-state index is -0.359.